The predicted octanol–water partition coefficient (Wildman–Crippen LogP) is -0.538. The number of hydrogen-bond acceptors (Lipinski definition) is 13. The van der Waals surface area contributed by atoms with Crippen LogP contribution in [-0.4, -0.2) is 46.2 Å². The minimum atomic E-state index is -4.65. The van der Waals surface area contributed by atoms with Crippen LogP contribution in [-0.2, 0) is 20.2 Å². The second kappa shape index (κ2) is 17.3. The van der Waals surface area contributed by atoms with E-state index in [1.54, 1.807) is 13.0 Å². The van der Waals surface area contributed by atoms with Crippen molar-refractivity contribution in [1.82, 2.24) is 0 Å². The van der Waals surface area contributed by atoms with Crippen LogP contribution in [0.2, 0.25) is 0 Å². The number of azo groups is 2. The van der Waals surface area contributed by atoms with Crippen molar-refractivity contribution in [2.45, 2.75) is 16.7 Å². The molecule has 0 aliphatic rings. The third kappa shape index (κ3) is 11.2. The van der Waals surface area contributed by atoms with E-state index < -0.39 is 31.2 Å². The van der Waals surface area contributed by atoms with Gasteiger partial charge in [0.1, 0.15) is 27.3 Å². The van der Waals surface area contributed by atoms with E-state index in [1.807, 2.05) is 0 Å². The normalized spacial score (nSPS) is 12.0. The molecule has 0 heterocycles. The average Bonchev–Trinajstić information content (AvgIpc) is 2.99. The first-order chi connectivity index (χ1) is 21.3. The largest absolute Gasteiger partial charge is 1.00 e. The average molecular weight is 699 g/mol. The molecule has 234 valence electrons. The van der Waals surface area contributed by atoms with Crippen molar-refractivity contribution < 1.29 is 99.6 Å². The fourth-order valence-corrected chi connectivity index (χ4v) is 4.79. The summed E-state index contributed by atoms with van der Waals surface area (Å²) in [6, 6.07) is 17.2. The van der Waals surface area contributed by atoms with Crippen LogP contribution in [0.5, 0.6) is 11.5 Å². The smallest absolute Gasteiger partial charge is 0.846 e. The topological polar surface area (TPSA) is 227 Å². The van der Waals surface area contributed by atoms with Gasteiger partial charge in [0.25, 0.3) is 10.1 Å². The zero-order valence-corrected chi connectivity index (χ0v) is 31.4. The molecule has 0 saturated heterocycles. The molecule has 4 rings (SSSR count). The maximum absolute atomic E-state index is 12.8. The zero-order chi connectivity index (χ0) is 32.8. The van der Waals surface area contributed by atoms with Gasteiger partial charge in [0.05, 0.1) is 58.5 Å². The Bertz CT molecular complexity index is 2060. The van der Waals surface area contributed by atoms with Gasteiger partial charge in [-0.1, -0.05) is 12.1 Å². The molecule has 0 spiro atoms. The van der Waals surface area contributed by atoms with Crippen molar-refractivity contribution in [3.63, 3.8) is 0 Å². The Balaban J connectivity index is 0.00000384. The summed E-state index contributed by atoms with van der Waals surface area (Å²) < 4.78 is 76.4. The van der Waals surface area contributed by atoms with Crippen LogP contribution in [0.25, 0.3) is 0 Å². The van der Waals surface area contributed by atoms with Gasteiger partial charge in [-0.3, -0.25) is 4.55 Å². The number of ether oxygens (including phenoxy) is 2. The van der Waals surface area contributed by atoms with Crippen LogP contribution in [0.1, 0.15) is 5.56 Å². The molecular weight excluding hydrogens is 674 g/mol. The molecule has 0 unspecified atom stereocenters. The van der Waals surface area contributed by atoms with Gasteiger partial charge in [-0.15, -0.1) is 0 Å². The molecule has 0 aliphatic carbocycles. The minimum Gasteiger partial charge on any atom is -0.846 e. The van der Waals surface area contributed by atoms with Crippen LogP contribution >= 0.6 is 0 Å². The van der Waals surface area contributed by atoms with Crippen LogP contribution in [0.4, 0.5) is 34.1 Å². The molecule has 4 aromatic rings. The Kier molecular flexibility index (Phi) is 14.7. The number of aliphatic imine (C=N–C) groups is 1. The molecule has 15 nitrogen and oxygen atoms in total. The number of nitrogens with one attached hydrogen (secondary N) is 1. The van der Waals surface area contributed by atoms with E-state index in [2.05, 4.69) is 30.8 Å². The van der Waals surface area contributed by atoms with Crippen molar-refractivity contribution in [1.29, 1.82) is 0 Å². The number of methoxy groups -OCH3 is 2. The molecule has 47 heavy (non-hydrogen) atoms. The van der Waals surface area contributed by atoms with E-state index in [4.69, 9.17) is 9.47 Å². The standard InChI is InChI=1S/C28H26N6O9S2.2Na/c1-17-12-25(27(43-3)16-24(17)34-33-19-7-5-9-22(14-19)45(39,40)41)30-28(35)29-23-11-10-20(15-26(23)42-2)32-31-18-6-4-8-21(13-18)44(36,37)38;;/h4-16H,1-3H3,(H2,29,30,35)(H,36,37,38)(H,39,40,41);;/q;2*+1/p-2. The Labute approximate surface area is 315 Å². The van der Waals surface area contributed by atoms with E-state index >= 15 is 0 Å². The molecule has 0 saturated carbocycles. The maximum atomic E-state index is 12.8. The first-order valence-electron chi connectivity index (χ1n) is 12.6. The molecule has 0 radical (unpaired) electrons. The van der Waals surface area contributed by atoms with Crippen LogP contribution in [0.3, 0.4) is 0 Å². The Hall–Kier alpha value is -3.23. The molecule has 0 aliphatic heterocycles. The molecule has 2 N–H and O–H groups in total. The van der Waals surface area contributed by atoms with Crippen LogP contribution in [0, 0.1) is 6.92 Å². The SMILES string of the molecule is COc1cc(N=Nc2cccc(S(=O)(=O)[O-])c2)ccc1N=C([O-])Nc1cc(C)c(N=Nc2cccc(S(=O)(=O)O)c2)cc1OC.[Na+].[Na+]. The van der Waals surface area contributed by atoms with Gasteiger partial charge in [-0.05, 0) is 67.1 Å². The molecule has 0 fully saturated rings. The summed E-state index contributed by atoms with van der Waals surface area (Å²) in [5.41, 5.74) is 2.03. The molecule has 0 aromatic heterocycles. The quantitative estimate of drug-likeness (QED) is 0.0707. The molecular formula is C28H24N6Na2O9S2. The maximum Gasteiger partial charge on any atom is 1.00 e. The van der Waals surface area contributed by atoms with Gasteiger partial charge in [0.2, 0.25) is 0 Å². The number of anilines is 1. The minimum absolute atomic E-state index is 0. The summed E-state index contributed by atoms with van der Waals surface area (Å²) in [6.07, 6.45) is 0. The van der Waals surface area contributed by atoms with Crippen molar-refractivity contribution in [3.05, 3.63) is 84.4 Å². The number of aryl methyl sites for hydroxylation is 1. The number of hydrogen-bond donors (Lipinski definition) is 2. The first-order valence-corrected chi connectivity index (χ1v) is 15.5. The van der Waals surface area contributed by atoms with E-state index in [1.165, 1.54) is 68.8 Å². The number of nitrogens with zero attached hydrogens (tertiary/aromatic N) is 5. The van der Waals surface area contributed by atoms with Crippen molar-refractivity contribution in [2.75, 3.05) is 19.5 Å². The Morgan fingerprint density at radius 1 is 0.723 bits per heavy atom. The summed E-state index contributed by atoms with van der Waals surface area (Å²) >= 11 is 0. The number of rotatable bonds is 10. The van der Waals surface area contributed by atoms with Gasteiger partial charge in [-0.25, -0.2) is 13.4 Å². The van der Waals surface area contributed by atoms with Crippen LogP contribution in [0.15, 0.2) is 114 Å². The molecule has 0 bridgehead atoms. The third-order valence-corrected chi connectivity index (χ3v) is 7.60. The van der Waals surface area contributed by atoms with Gasteiger partial charge < -0.3 is 24.4 Å². The zero-order valence-electron chi connectivity index (χ0n) is 25.8. The second-order valence-electron chi connectivity index (χ2n) is 9.06. The summed E-state index contributed by atoms with van der Waals surface area (Å²) in [5, 5.41) is 31.6. The second-order valence-corrected chi connectivity index (χ2v) is 11.9. The van der Waals surface area contributed by atoms with Crippen molar-refractivity contribution >= 4 is 60.4 Å². The fourth-order valence-electron chi connectivity index (χ4n) is 3.76. The van der Waals surface area contributed by atoms with Crippen molar-refractivity contribution in [2.24, 2.45) is 25.4 Å². The monoisotopic (exact) mass is 698 g/mol. The Morgan fingerprint density at radius 2 is 1.28 bits per heavy atom. The first kappa shape index (κ1) is 39.9. The summed E-state index contributed by atoms with van der Waals surface area (Å²) in [6.45, 7) is 1.71. The van der Waals surface area contributed by atoms with E-state index in [0.717, 1.165) is 18.2 Å². The summed E-state index contributed by atoms with van der Waals surface area (Å²) in [4.78, 5) is 3.27. The molecule has 19 heteroatoms. The fraction of sp³-hybridized carbons (Fsp3) is 0.107. The van der Waals surface area contributed by atoms with E-state index in [0.29, 0.717) is 16.9 Å². The molecule has 0 atom stereocenters. The number of benzene rings is 4. The van der Waals surface area contributed by atoms with E-state index in [9.17, 15) is 31.0 Å². The molecule has 4 aromatic carbocycles. The third-order valence-electron chi connectivity index (χ3n) is 5.92. The van der Waals surface area contributed by atoms with Gasteiger partial charge in [0.15, 0.2) is 0 Å². The Morgan fingerprint density at radius 3 is 1.85 bits per heavy atom. The van der Waals surface area contributed by atoms with E-state index in [-0.39, 0.29) is 98.3 Å². The van der Waals surface area contributed by atoms with Crippen molar-refractivity contribution in [3.8, 4) is 11.5 Å². The predicted molar refractivity (Wildman–Crippen MR) is 160 cm³/mol. The summed E-state index contributed by atoms with van der Waals surface area (Å²) in [5.74, 6) is 0.427. The van der Waals surface area contributed by atoms with Gasteiger partial charge >= 0.3 is 59.1 Å². The summed E-state index contributed by atoms with van der Waals surface area (Å²) in [7, 11) is -6.30. The molecule has 0 amide bonds. The van der Waals surface area contributed by atoms with Crippen LogP contribution < -0.4 is 79.0 Å². The van der Waals surface area contributed by atoms with Gasteiger partial charge in [-0.2, -0.15) is 28.9 Å². The number of amidine groups is 1. The van der Waals surface area contributed by atoms with Gasteiger partial charge in [0, 0.05) is 12.1 Å².